The van der Waals surface area contributed by atoms with E-state index in [1.165, 1.54) is 6.26 Å². The van der Waals surface area contributed by atoms with E-state index in [0.717, 1.165) is 30.6 Å². The lowest BCUT2D eigenvalue weighted by Gasteiger charge is -2.27. The van der Waals surface area contributed by atoms with Crippen molar-refractivity contribution in [3.8, 4) is 0 Å². The topological polar surface area (TPSA) is 75.3 Å². The van der Waals surface area contributed by atoms with Crippen LogP contribution in [0.4, 0.5) is 5.69 Å². The number of anilines is 1. The molecule has 1 amide bonds. The molecule has 0 aromatic heterocycles. The first kappa shape index (κ1) is 17.0. The molecule has 122 valence electrons. The molecular weight excluding hydrogens is 300 g/mol. The molecule has 1 aliphatic rings. The van der Waals surface area contributed by atoms with Crippen molar-refractivity contribution in [3.63, 3.8) is 0 Å². The van der Waals surface area contributed by atoms with Gasteiger partial charge in [-0.05, 0) is 50.4 Å². The number of rotatable bonds is 5. The van der Waals surface area contributed by atoms with Gasteiger partial charge in [-0.25, -0.2) is 8.42 Å². The molecule has 0 saturated carbocycles. The summed E-state index contributed by atoms with van der Waals surface area (Å²) in [6.07, 6.45) is 3.46. The summed E-state index contributed by atoms with van der Waals surface area (Å²) in [4.78, 5) is 12.2. The van der Waals surface area contributed by atoms with Gasteiger partial charge in [0, 0.05) is 23.9 Å². The summed E-state index contributed by atoms with van der Waals surface area (Å²) in [6, 6.07) is 7.78. The van der Waals surface area contributed by atoms with Gasteiger partial charge < -0.3 is 10.6 Å². The van der Waals surface area contributed by atoms with Crippen molar-refractivity contribution in [2.75, 3.05) is 23.9 Å². The molecule has 6 heteroatoms. The molecule has 0 unspecified atom stereocenters. The van der Waals surface area contributed by atoms with Gasteiger partial charge in [0.25, 0.3) is 0 Å². The molecule has 22 heavy (non-hydrogen) atoms. The number of benzene rings is 1. The quantitative estimate of drug-likeness (QED) is 0.863. The van der Waals surface area contributed by atoms with Gasteiger partial charge in [0.05, 0.1) is 5.75 Å². The van der Waals surface area contributed by atoms with Gasteiger partial charge in [-0.15, -0.1) is 0 Å². The van der Waals surface area contributed by atoms with Gasteiger partial charge in [0.2, 0.25) is 5.91 Å². The van der Waals surface area contributed by atoms with Crippen molar-refractivity contribution >= 4 is 21.4 Å². The first-order valence-electron chi connectivity index (χ1n) is 7.64. The summed E-state index contributed by atoms with van der Waals surface area (Å²) in [5, 5.41) is 6.28. The van der Waals surface area contributed by atoms with Crippen molar-refractivity contribution in [1.82, 2.24) is 5.32 Å². The zero-order valence-electron chi connectivity index (χ0n) is 13.1. The van der Waals surface area contributed by atoms with Crippen LogP contribution in [0.2, 0.25) is 0 Å². The van der Waals surface area contributed by atoms with Crippen molar-refractivity contribution in [2.45, 2.75) is 32.2 Å². The van der Waals surface area contributed by atoms with E-state index in [9.17, 15) is 13.2 Å². The third-order valence-electron chi connectivity index (χ3n) is 3.98. The molecule has 5 nitrogen and oxygen atoms in total. The Labute approximate surface area is 132 Å². The van der Waals surface area contributed by atoms with E-state index < -0.39 is 9.84 Å². The van der Waals surface area contributed by atoms with Crippen LogP contribution in [0.25, 0.3) is 0 Å². The zero-order valence-corrected chi connectivity index (χ0v) is 13.9. The second kappa shape index (κ2) is 7.24. The Morgan fingerprint density at radius 2 is 2.00 bits per heavy atom. The summed E-state index contributed by atoms with van der Waals surface area (Å²) in [6.45, 7) is 2.97. The van der Waals surface area contributed by atoms with Gasteiger partial charge in [-0.2, -0.15) is 0 Å². The molecule has 1 fully saturated rings. The average Bonchev–Trinajstić information content (AvgIpc) is 2.46. The lowest BCUT2D eigenvalue weighted by Crippen LogP contribution is -2.40. The molecule has 2 rings (SSSR count). The molecule has 1 heterocycles. The fourth-order valence-electron chi connectivity index (χ4n) is 2.67. The minimum atomic E-state index is -2.95. The maximum absolute atomic E-state index is 12.2. The standard InChI is InChI=1S/C16H24N2O3S/c1-12-11-14(7-9-17-12)16(19)18-15-5-3-13(4-6-15)8-10-22(2,20)21/h3-6,12,14,17H,7-11H2,1-2H3,(H,18,19)/t12-,14-/m0/s1. The SMILES string of the molecule is C[C@H]1C[C@@H](C(=O)Nc2ccc(CCS(C)(=O)=O)cc2)CCN1. The summed E-state index contributed by atoms with van der Waals surface area (Å²) in [7, 11) is -2.95. The number of sulfone groups is 1. The molecule has 2 atom stereocenters. The van der Waals surface area contributed by atoms with E-state index in [4.69, 9.17) is 0 Å². The lowest BCUT2D eigenvalue weighted by atomic mass is 9.92. The summed E-state index contributed by atoms with van der Waals surface area (Å²) < 4.78 is 22.3. The molecule has 1 aromatic carbocycles. The smallest absolute Gasteiger partial charge is 0.227 e. The summed E-state index contributed by atoms with van der Waals surface area (Å²) in [5.74, 6) is 0.268. The average molecular weight is 324 g/mol. The molecular formula is C16H24N2O3S. The highest BCUT2D eigenvalue weighted by atomic mass is 32.2. The van der Waals surface area contributed by atoms with Crippen LogP contribution < -0.4 is 10.6 Å². The Balaban J connectivity index is 1.89. The summed E-state index contributed by atoms with van der Waals surface area (Å²) >= 11 is 0. The maximum atomic E-state index is 12.2. The van der Waals surface area contributed by atoms with E-state index in [2.05, 4.69) is 17.6 Å². The molecule has 0 aliphatic carbocycles. The van der Waals surface area contributed by atoms with Crippen LogP contribution in [-0.4, -0.2) is 38.9 Å². The van der Waals surface area contributed by atoms with Crippen LogP contribution in [0.15, 0.2) is 24.3 Å². The normalized spacial score (nSPS) is 22.3. The number of piperidine rings is 1. The molecule has 2 N–H and O–H groups in total. The third-order valence-corrected chi connectivity index (χ3v) is 4.92. The van der Waals surface area contributed by atoms with Crippen LogP contribution in [-0.2, 0) is 21.1 Å². The molecule has 0 radical (unpaired) electrons. The predicted octanol–water partition coefficient (Wildman–Crippen LogP) is 1.60. The van der Waals surface area contributed by atoms with E-state index in [0.29, 0.717) is 12.5 Å². The predicted molar refractivity (Wildman–Crippen MR) is 88.7 cm³/mol. The molecule has 1 saturated heterocycles. The number of carbonyl (C=O) groups is 1. The molecule has 0 bridgehead atoms. The maximum Gasteiger partial charge on any atom is 0.227 e. The zero-order chi connectivity index (χ0) is 16.2. The first-order valence-corrected chi connectivity index (χ1v) is 9.70. The van der Waals surface area contributed by atoms with Gasteiger partial charge in [0.1, 0.15) is 9.84 Å². The van der Waals surface area contributed by atoms with Crippen LogP contribution >= 0.6 is 0 Å². The van der Waals surface area contributed by atoms with Crippen LogP contribution in [0.1, 0.15) is 25.3 Å². The first-order chi connectivity index (χ1) is 10.3. The summed E-state index contributed by atoms with van der Waals surface area (Å²) in [5.41, 5.74) is 1.72. The molecule has 1 aliphatic heterocycles. The Bertz CT molecular complexity index is 611. The Hall–Kier alpha value is -1.40. The number of aryl methyl sites for hydroxylation is 1. The van der Waals surface area contributed by atoms with Crippen molar-refractivity contribution in [1.29, 1.82) is 0 Å². The van der Waals surface area contributed by atoms with Crippen LogP contribution in [0.5, 0.6) is 0 Å². The minimum absolute atomic E-state index is 0.0566. The Morgan fingerprint density at radius 1 is 1.32 bits per heavy atom. The highest BCUT2D eigenvalue weighted by molar-refractivity contribution is 7.90. The highest BCUT2D eigenvalue weighted by Crippen LogP contribution is 2.19. The van der Waals surface area contributed by atoms with E-state index in [1.807, 2.05) is 24.3 Å². The number of nitrogens with one attached hydrogen (secondary N) is 2. The number of carbonyl (C=O) groups excluding carboxylic acids is 1. The third kappa shape index (κ3) is 5.42. The Kier molecular flexibility index (Phi) is 5.58. The second-order valence-corrected chi connectivity index (χ2v) is 8.40. The van der Waals surface area contributed by atoms with Crippen LogP contribution in [0, 0.1) is 5.92 Å². The van der Waals surface area contributed by atoms with E-state index >= 15 is 0 Å². The lowest BCUT2D eigenvalue weighted by molar-refractivity contribution is -0.120. The number of hydrogen-bond donors (Lipinski definition) is 2. The van der Waals surface area contributed by atoms with Gasteiger partial charge >= 0.3 is 0 Å². The molecule has 1 aromatic rings. The van der Waals surface area contributed by atoms with Crippen LogP contribution in [0.3, 0.4) is 0 Å². The van der Waals surface area contributed by atoms with E-state index in [-0.39, 0.29) is 17.6 Å². The number of hydrogen-bond acceptors (Lipinski definition) is 4. The largest absolute Gasteiger partial charge is 0.326 e. The monoisotopic (exact) mass is 324 g/mol. The van der Waals surface area contributed by atoms with Gasteiger partial charge in [-0.1, -0.05) is 12.1 Å². The van der Waals surface area contributed by atoms with Crippen molar-refractivity contribution in [3.05, 3.63) is 29.8 Å². The molecule has 0 spiro atoms. The van der Waals surface area contributed by atoms with Gasteiger partial charge in [-0.3, -0.25) is 4.79 Å². The highest BCUT2D eigenvalue weighted by Gasteiger charge is 2.24. The second-order valence-electron chi connectivity index (χ2n) is 6.14. The van der Waals surface area contributed by atoms with Crippen molar-refractivity contribution < 1.29 is 13.2 Å². The van der Waals surface area contributed by atoms with E-state index in [1.54, 1.807) is 0 Å². The fourth-order valence-corrected chi connectivity index (χ4v) is 3.28. The Morgan fingerprint density at radius 3 is 2.59 bits per heavy atom. The minimum Gasteiger partial charge on any atom is -0.326 e. The number of amides is 1. The fraction of sp³-hybridized carbons (Fsp3) is 0.562. The van der Waals surface area contributed by atoms with Crippen molar-refractivity contribution in [2.24, 2.45) is 5.92 Å². The van der Waals surface area contributed by atoms with Gasteiger partial charge in [0.15, 0.2) is 0 Å².